The molecule has 1 aromatic rings. The summed E-state index contributed by atoms with van der Waals surface area (Å²) in [4.78, 5) is 21.9. The van der Waals surface area contributed by atoms with Gasteiger partial charge in [-0.05, 0) is 62.6 Å². The van der Waals surface area contributed by atoms with Gasteiger partial charge in [-0.15, -0.1) is 0 Å². The maximum Gasteiger partial charge on any atom is 0.389 e. The minimum atomic E-state index is -4.13. The summed E-state index contributed by atoms with van der Waals surface area (Å²) in [5, 5.41) is 0. The first kappa shape index (κ1) is 33.0. The lowest BCUT2D eigenvalue weighted by molar-refractivity contribution is -0.266. The number of esters is 2. The molecule has 40 heavy (non-hydrogen) atoms. The molecule has 0 heterocycles. The second-order valence-electron chi connectivity index (χ2n) is 9.55. The van der Waals surface area contributed by atoms with Crippen LogP contribution in [0.25, 0.3) is 0 Å². The highest BCUT2D eigenvalue weighted by Gasteiger charge is 2.41. The van der Waals surface area contributed by atoms with Crippen LogP contribution in [0.5, 0.6) is 0 Å². The van der Waals surface area contributed by atoms with Gasteiger partial charge >= 0.3 is 18.0 Å². The van der Waals surface area contributed by atoms with Crippen molar-refractivity contribution in [2.45, 2.75) is 82.8 Å². The zero-order valence-electron chi connectivity index (χ0n) is 22.8. The highest BCUT2D eigenvalue weighted by Crippen LogP contribution is 2.37. The maximum absolute atomic E-state index is 14.8. The number of ether oxygens (including phenoxy) is 3. The number of hydrogen-bond acceptors (Lipinski definition) is 5. The normalized spacial score (nSPS) is 14.9. The van der Waals surface area contributed by atoms with Crippen molar-refractivity contribution in [1.82, 2.24) is 0 Å². The summed E-state index contributed by atoms with van der Waals surface area (Å²) in [7, 11) is 0. The predicted molar refractivity (Wildman–Crippen MR) is 145 cm³/mol. The molecule has 1 atom stereocenters. The average Bonchev–Trinajstić information content (AvgIpc) is 2.91. The Bertz CT molecular complexity index is 1040. The fourth-order valence-corrected chi connectivity index (χ4v) is 4.25. The summed E-state index contributed by atoms with van der Waals surface area (Å²) in [6, 6.07) is 1.86. The van der Waals surface area contributed by atoms with Gasteiger partial charge in [-0.2, -0.15) is 8.78 Å². The number of rotatable bonds is 19. The third-order valence-electron chi connectivity index (χ3n) is 6.37. The molecule has 0 saturated heterocycles. The standard InChI is InChI=1S/C31H38F4O5/c1-3-28(36)38-19-11-7-5-9-13-23-15-17-25(18-16-23)40-31(34,35)30-26(32)21-24(22-27(30)33)14-10-6-8-12-20-39-29(37)4-2/h3-4,15-17,21-22,25H,1-2,5-14,18-20H2. The van der Waals surface area contributed by atoms with Crippen LogP contribution in [-0.2, 0) is 36.3 Å². The highest BCUT2D eigenvalue weighted by molar-refractivity contribution is 5.81. The van der Waals surface area contributed by atoms with Gasteiger partial charge in [0.25, 0.3) is 0 Å². The number of aryl methyl sites for hydroxylation is 1. The van der Waals surface area contributed by atoms with E-state index in [1.807, 2.05) is 0 Å². The predicted octanol–water partition coefficient (Wildman–Crippen LogP) is 7.80. The number of halogens is 4. The molecule has 0 aliphatic heterocycles. The van der Waals surface area contributed by atoms with Gasteiger partial charge in [-0.1, -0.05) is 62.6 Å². The van der Waals surface area contributed by atoms with E-state index in [1.165, 1.54) is 6.08 Å². The Kier molecular flexibility index (Phi) is 14.4. The van der Waals surface area contributed by atoms with Crippen LogP contribution in [0.15, 0.2) is 61.2 Å². The maximum atomic E-state index is 14.8. The molecular formula is C31H38F4O5. The van der Waals surface area contributed by atoms with Crippen LogP contribution < -0.4 is 0 Å². The van der Waals surface area contributed by atoms with Gasteiger partial charge in [-0.25, -0.2) is 18.4 Å². The van der Waals surface area contributed by atoms with Crippen LogP contribution in [0.4, 0.5) is 17.6 Å². The lowest BCUT2D eigenvalue weighted by Crippen LogP contribution is -2.28. The van der Waals surface area contributed by atoms with E-state index in [9.17, 15) is 27.2 Å². The topological polar surface area (TPSA) is 61.8 Å². The molecule has 0 saturated carbocycles. The number of benzene rings is 1. The van der Waals surface area contributed by atoms with Gasteiger partial charge in [0.2, 0.25) is 0 Å². The van der Waals surface area contributed by atoms with Crippen molar-refractivity contribution >= 4 is 11.9 Å². The molecule has 1 unspecified atom stereocenters. The molecule has 0 fully saturated rings. The lowest BCUT2D eigenvalue weighted by atomic mass is 9.99. The van der Waals surface area contributed by atoms with Crippen LogP contribution in [0, 0.1) is 11.6 Å². The van der Waals surface area contributed by atoms with E-state index in [-0.39, 0.29) is 18.6 Å². The third-order valence-corrected chi connectivity index (χ3v) is 6.37. The minimum absolute atomic E-state index is 0.174. The van der Waals surface area contributed by atoms with E-state index in [4.69, 9.17) is 14.2 Å². The molecule has 2 rings (SSSR count). The van der Waals surface area contributed by atoms with Crippen molar-refractivity contribution in [3.05, 3.63) is 84.0 Å². The Hall–Kier alpha value is -3.20. The summed E-state index contributed by atoms with van der Waals surface area (Å²) >= 11 is 0. The van der Waals surface area contributed by atoms with Crippen molar-refractivity contribution in [3.63, 3.8) is 0 Å². The zero-order chi connectivity index (χ0) is 29.4. The molecule has 220 valence electrons. The number of unbranched alkanes of at least 4 members (excludes halogenated alkanes) is 6. The Morgan fingerprint density at radius 2 is 1.38 bits per heavy atom. The van der Waals surface area contributed by atoms with Crippen molar-refractivity contribution in [1.29, 1.82) is 0 Å². The van der Waals surface area contributed by atoms with E-state index in [0.717, 1.165) is 74.8 Å². The van der Waals surface area contributed by atoms with Crippen molar-refractivity contribution in [3.8, 4) is 0 Å². The summed E-state index contributed by atoms with van der Waals surface area (Å²) in [5.41, 5.74) is -0.112. The minimum Gasteiger partial charge on any atom is -0.463 e. The van der Waals surface area contributed by atoms with Gasteiger partial charge in [0.1, 0.15) is 17.2 Å². The van der Waals surface area contributed by atoms with Crippen LogP contribution in [-0.4, -0.2) is 31.3 Å². The molecule has 1 aromatic carbocycles. The number of alkyl halides is 2. The van der Waals surface area contributed by atoms with Crippen LogP contribution >= 0.6 is 0 Å². The number of hydrogen-bond donors (Lipinski definition) is 0. The zero-order valence-corrected chi connectivity index (χ0v) is 22.8. The van der Waals surface area contributed by atoms with E-state index in [2.05, 4.69) is 13.2 Å². The third kappa shape index (κ3) is 11.9. The fraction of sp³-hybridized carbons (Fsp3) is 0.484. The molecule has 0 spiro atoms. The van der Waals surface area contributed by atoms with Gasteiger partial charge < -0.3 is 14.2 Å². The largest absolute Gasteiger partial charge is 0.463 e. The number of carbonyl (C=O) groups excluding carboxylic acids is 2. The Labute approximate surface area is 233 Å². The van der Waals surface area contributed by atoms with Crippen LogP contribution in [0.2, 0.25) is 0 Å². The van der Waals surface area contributed by atoms with E-state index in [1.54, 1.807) is 12.2 Å². The Morgan fingerprint density at radius 1 is 0.850 bits per heavy atom. The Morgan fingerprint density at radius 3 is 1.88 bits per heavy atom. The average molecular weight is 567 g/mol. The van der Waals surface area contributed by atoms with E-state index < -0.39 is 41.3 Å². The van der Waals surface area contributed by atoms with Gasteiger partial charge in [0, 0.05) is 12.2 Å². The highest BCUT2D eigenvalue weighted by atomic mass is 19.3. The molecule has 0 bridgehead atoms. The second kappa shape index (κ2) is 17.5. The molecule has 0 radical (unpaired) electrons. The molecule has 1 aliphatic carbocycles. The first-order valence-electron chi connectivity index (χ1n) is 13.7. The summed E-state index contributed by atoms with van der Waals surface area (Å²) in [6.45, 7) is 7.25. The molecule has 1 aliphatic rings. The van der Waals surface area contributed by atoms with Gasteiger partial charge in [-0.3, -0.25) is 0 Å². The van der Waals surface area contributed by atoms with E-state index >= 15 is 0 Å². The van der Waals surface area contributed by atoms with Gasteiger partial charge in [0.05, 0.1) is 19.3 Å². The monoisotopic (exact) mass is 566 g/mol. The van der Waals surface area contributed by atoms with E-state index in [0.29, 0.717) is 25.9 Å². The molecular weight excluding hydrogens is 528 g/mol. The quantitative estimate of drug-likeness (QED) is 0.0740. The molecule has 9 heteroatoms. The summed E-state index contributed by atoms with van der Waals surface area (Å²) in [5.74, 6) is -3.61. The van der Waals surface area contributed by atoms with Crippen molar-refractivity contribution in [2.75, 3.05) is 13.2 Å². The van der Waals surface area contributed by atoms with Crippen LogP contribution in [0.1, 0.15) is 75.3 Å². The van der Waals surface area contributed by atoms with Crippen LogP contribution in [0.3, 0.4) is 0 Å². The molecule has 0 N–H and O–H groups in total. The lowest BCUT2D eigenvalue weighted by Gasteiger charge is -2.25. The number of carbonyl (C=O) groups is 2. The first-order valence-corrected chi connectivity index (χ1v) is 13.7. The molecule has 5 nitrogen and oxygen atoms in total. The molecule has 0 amide bonds. The first-order chi connectivity index (χ1) is 19.2. The smallest absolute Gasteiger partial charge is 0.389 e. The van der Waals surface area contributed by atoms with Crippen molar-refractivity contribution in [2.24, 2.45) is 0 Å². The summed E-state index contributed by atoms with van der Waals surface area (Å²) in [6.07, 6.45) is 9.51. The van der Waals surface area contributed by atoms with Gasteiger partial charge in [0.15, 0.2) is 0 Å². The van der Waals surface area contributed by atoms with Crippen molar-refractivity contribution < 1.29 is 41.4 Å². The Balaban J connectivity index is 1.75. The fourth-order valence-electron chi connectivity index (χ4n) is 4.25. The number of allylic oxidation sites excluding steroid dienone is 2. The summed E-state index contributed by atoms with van der Waals surface area (Å²) < 4.78 is 73.4. The SMILES string of the molecule is C=CC(=O)OCCCCCCC1=CCC(OC(F)(F)c2c(F)cc(CCCCCCOC(=O)C=C)cc2F)C=C1. The molecule has 0 aromatic heterocycles. The second-order valence-corrected chi connectivity index (χ2v) is 9.55.